The van der Waals surface area contributed by atoms with Crippen molar-refractivity contribution in [3.63, 3.8) is 0 Å². The van der Waals surface area contributed by atoms with Gasteiger partial charge in [0, 0.05) is 24.6 Å². The van der Waals surface area contributed by atoms with Gasteiger partial charge in [0.2, 0.25) is 0 Å². The summed E-state index contributed by atoms with van der Waals surface area (Å²) in [6, 6.07) is 6.07. The number of likely N-dealkylation sites (N-methyl/N-ethyl adjacent to an activating group) is 1. The van der Waals surface area contributed by atoms with E-state index in [0.29, 0.717) is 0 Å². The van der Waals surface area contributed by atoms with Crippen LogP contribution in [-0.4, -0.2) is 38.1 Å². The predicted molar refractivity (Wildman–Crippen MR) is 77.5 cm³/mol. The molecule has 1 aliphatic heterocycles. The van der Waals surface area contributed by atoms with E-state index in [0.717, 1.165) is 28.9 Å². The molecule has 94 valence electrons. The highest BCUT2D eigenvalue weighted by molar-refractivity contribution is 9.10. The second-order valence-electron chi connectivity index (χ2n) is 4.67. The van der Waals surface area contributed by atoms with Crippen LogP contribution in [0, 0.1) is 0 Å². The molecule has 2 rings (SSSR count). The summed E-state index contributed by atoms with van der Waals surface area (Å²) in [4.78, 5) is 4.76. The van der Waals surface area contributed by atoms with E-state index in [9.17, 15) is 0 Å². The van der Waals surface area contributed by atoms with Crippen LogP contribution in [0.2, 0.25) is 0 Å². The molecule has 1 aromatic rings. The fraction of sp³-hybridized carbons (Fsp3) is 0.538. The molecule has 2 N–H and O–H groups in total. The largest absolute Gasteiger partial charge is 0.397 e. The Hall–Kier alpha value is -0.740. The Bertz CT molecular complexity index is 375. The fourth-order valence-corrected chi connectivity index (χ4v) is 2.67. The van der Waals surface area contributed by atoms with Gasteiger partial charge < -0.3 is 15.5 Å². The summed E-state index contributed by atoms with van der Waals surface area (Å²) in [5, 5.41) is 0. The van der Waals surface area contributed by atoms with Gasteiger partial charge in [0.25, 0.3) is 0 Å². The van der Waals surface area contributed by atoms with Crippen LogP contribution < -0.4 is 10.6 Å². The molecule has 0 bridgehead atoms. The van der Waals surface area contributed by atoms with Crippen molar-refractivity contribution in [3.8, 4) is 0 Å². The maximum Gasteiger partial charge on any atom is 0.0598 e. The zero-order valence-electron chi connectivity index (χ0n) is 10.3. The Morgan fingerprint density at radius 2 is 2.06 bits per heavy atom. The third-order valence-electron chi connectivity index (χ3n) is 3.35. The first-order valence-corrected chi connectivity index (χ1v) is 6.94. The minimum Gasteiger partial charge on any atom is -0.397 e. The number of nitrogen functional groups attached to an aromatic ring is 1. The summed E-state index contributed by atoms with van der Waals surface area (Å²) in [6.45, 7) is 4.67. The van der Waals surface area contributed by atoms with Crippen LogP contribution in [0.25, 0.3) is 0 Å². The number of hydrogen-bond acceptors (Lipinski definition) is 3. The molecule has 0 aliphatic carbocycles. The molecule has 0 unspecified atom stereocenters. The van der Waals surface area contributed by atoms with Gasteiger partial charge in [-0.1, -0.05) is 15.9 Å². The zero-order valence-corrected chi connectivity index (χ0v) is 11.9. The van der Waals surface area contributed by atoms with E-state index in [1.807, 2.05) is 12.1 Å². The lowest BCUT2D eigenvalue weighted by Crippen LogP contribution is -2.31. The average molecular weight is 298 g/mol. The molecule has 0 atom stereocenters. The van der Waals surface area contributed by atoms with Crippen molar-refractivity contribution in [1.82, 2.24) is 4.90 Å². The second-order valence-corrected chi connectivity index (χ2v) is 5.59. The van der Waals surface area contributed by atoms with Crippen LogP contribution in [0.3, 0.4) is 0 Å². The Morgan fingerprint density at radius 3 is 2.71 bits per heavy atom. The quantitative estimate of drug-likeness (QED) is 0.867. The molecule has 0 radical (unpaired) electrons. The van der Waals surface area contributed by atoms with E-state index in [-0.39, 0.29) is 0 Å². The van der Waals surface area contributed by atoms with Crippen molar-refractivity contribution >= 4 is 27.3 Å². The standard InChI is InChI=1S/C13H20BrN3/c1-16(8-9-17-6-2-3-7-17)13-5-4-11(14)10-12(13)15/h4-5,10H,2-3,6-9,15H2,1H3. The molecule has 3 nitrogen and oxygen atoms in total. The first kappa shape index (κ1) is 12.7. The predicted octanol–water partition coefficient (Wildman–Crippen LogP) is 2.56. The smallest absolute Gasteiger partial charge is 0.0598 e. The molecule has 1 aliphatic rings. The van der Waals surface area contributed by atoms with Crippen LogP contribution in [-0.2, 0) is 0 Å². The van der Waals surface area contributed by atoms with E-state index in [1.165, 1.54) is 25.9 Å². The van der Waals surface area contributed by atoms with E-state index in [2.05, 4.69) is 38.8 Å². The van der Waals surface area contributed by atoms with Gasteiger partial charge in [0.1, 0.15) is 0 Å². The van der Waals surface area contributed by atoms with Crippen LogP contribution in [0.5, 0.6) is 0 Å². The number of benzene rings is 1. The monoisotopic (exact) mass is 297 g/mol. The summed E-state index contributed by atoms with van der Waals surface area (Å²) in [6.07, 6.45) is 2.70. The summed E-state index contributed by atoms with van der Waals surface area (Å²) in [5.74, 6) is 0. The maximum atomic E-state index is 6.02. The van der Waals surface area contributed by atoms with E-state index in [1.54, 1.807) is 0 Å². The lowest BCUT2D eigenvalue weighted by molar-refractivity contribution is 0.347. The van der Waals surface area contributed by atoms with Gasteiger partial charge >= 0.3 is 0 Å². The van der Waals surface area contributed by atoms with Crippen LogP contribution in [0.15, 0.2) is 22.7 Å². The number of hydrogen-bond donors (Lipinski definition) is 1. The maximum absolute atomic E-state index is 6.02. The van der Waals surface area contributed by atoms with Crippen molar-refractivity contribution < 1.29 is 0 Å². The minimum absolute atomic E-state index is 0.836. The van der Waals surface area contributed by atoms with Gasteiger partial charge in [-0.3, -0.25) is 0 Å². The molecule has 17 heavy (non-hydrogen) atoms. The summed E-state index contributed by atoms with van der Waals surface area (Å²) in [5.41, 5.74) is 7.98. The Kier molecular flexibility index (Phi) is 4.29. The lowest BCUT2D eigenvalue weighted by Gasteiger charge is -2.24. The molecule has 1 saturated heterocycles. The van der Waals surface area contributed by atoms with Gasteiger partial charge in [0.15, 0.2) is 0 Å². The molecule has 1 aromatic carbocycles. The van der Waals surface area contributed by atoms with Gasteiger partial charge in [-0.15, -0.1) is 0 Å². The minimum atomic E-state index is 0.836. The van der Waals surface area contributed by atoms with Crippen molar-refractivity contribution in [2.24, 2.45) is 0 Å². The molecule has 1 heterocycles. The first-order valence-electron chi connectivity index (χ1n) is 6.15. The van der Waals surface area contributed by atoms with Gasteiger partial charge in [-0.25, -0.2) is 0 Å². The number of likely N-dealkylation sites (tertiary alicyclic amines) is 1. The highest BCUT2D eigenvalue weighted by atomic mass is 79.9. The SMILES string of the molecule is CN(CCN1CCCC1)c1ccc(Br)cc1N. The van der Waals surface area contributed by atoms with Crippen molar-refractivity contribution in [2.75, 3.05) is 43.9 Å². The molecule has 1 fully saturated rings. The summed E-state index contributed by atoms with van der Waals surface area (Å²) < 4.78 is 1.03. The molecular formula is C13H20BrN3. The number of anilines is 2. The van der Waals surface area contributed by atoms with Gasteiger partial charge in [0.05, 0.1) is 11.4 Å². The lowest BCUT2D eigenvalue weighted by atomic mass is 10.2. The highest BCUT2D eigenvalue weighted by Gasteiger charge is 2.12. The van der Waals surface area contributed by atoms with Crippen LogP contribution >= 0.6 is 15.9 Å². The Labute approximate surface area is 112 Å². The number of halogens is 1. The molecule has 4 heteroatoms. The summed E-state index contributed by atoms with van der Waals surface area (Å²) >= 11 is 3.43. The third-order valence-corrected chi connectivity index (χ3v) is 3.84. The van der Waals surface area contributed by atoms with E-state index < -0.39 is 0 Å². The summed E-state index contributed by atoms with van der Waals surface area (Å²) in [7, 11) is 2.11. The van der Waals surface area contributed by atoms with Gasteiger partial charge in [-0.2, -0.15) is 0 Å². The second kappa shape index (κ2) is 5.74. The number of nitrogens with two attached hydrogens (primary N) is 1. The molecule has 0 spiro atoms. The average Bonchev–Trinajstić information content (AvgIpc) is 2.78. The van der Waals surface area contributed by atoms with Crippen LogP contribution in [0.1, 0.15) is 12.8 Å². The topological polar surface area (TPSA) is 32.5 Å². The Morgan fingerprint density at radius 1 is 1.35 bits per heavy atom. The number of nitrogens with zero attached hydrogens (tertiary/aromatic N) is 2. The van der Waals surface area contributed by atoms with Crippen molar-refractivity contribution in [3.05, 3.63) is 22.7 Å². The number of rotatable bonds is 4. The van der Waals surface area contributed by atoms with E-state index in [4.69, 9.17) is 5.73 Å². The fourth-order valence-electron chi connectivity index (χ4n) is 2.29. The molecule has 0 aromatic heterocycles. The first-order chi connectivity index (χ1) is 8.16. The van der Waals surface area contributed by atoms with E-state index >= 15 is 0 Å². The molecular weight excluding hydrogens is 278 g/mol. The molecule has 0 amide bonds. The Balaban J connectivity index is 1.91. The highest BCUT2D eigenvalue weighted by Crippen LogP contribution is 2.25. The van der Waals surface area contributed by atoms with Crippen LogP contribution in [0.4, 0.5) is 11.4 Å². The zero-order chi connectivity index (χ0) is 12.3. The third kappa shape index (κ3) is 3.36. The van der Waals surface area contributed by atoms with Gasteiger partial charge in [-0.05, 0) is 44.1 Å². The molecule has 0 saturated carbocycles. The normalized spacial score (nSPS) is 16.4. The van der Waals surface area contributed by atoms with Crippen molar-refractivity contribution in [2.45, 2.75) is 12.8 Å². The van der Waals surface area contributed by atoms with Crippen molar-refractivity contribution in [1.29, 1.82) is 0 Å².